The molecule has 0 unspecified atom stereocenters. The molecule has 0 spiro atoms. The van der Waals surface area contributed by atoms with Crippen molar-refractivity contribution in [2.75, 3.05) is 72.1 Å². The Morgan fingerprint density at radius 3 is 1.04 bits per heavy atom. The fourth-order valence-corrected chi connectivity index (χ4v) is 17.9. The van der Waals surface area contributed by atoms with E-state index in [1.165, 1.54) is 73.2 Å². The van der Waals surface area contributed by atoms with E-state index in [0.29, 0.717) is 30.9 Å². The molecule has 0 bridgehead atoms. The second kappa shape index (κ2) is 57.7. The van der Waals surface area contributed by atoms with Gasteiger partial charge in [0, 0.05) is 69.7 Å². The Balaban J connectivity index is 0.000000182. The normalized spacial score (nSPS) is 11.2. The Morgan fingerprint density at radius 1 is 0.432 bits per heavy atom. The number of aldehydes is 1. The number of benzene rings is 5. The highest BCUT2D eigenvalue weighted by Gasteiger charge is 2.26. The van der Waals surface area contributed by atoms with Crippen molar-refractivity contribution in [1.29, 1.82) is 0 Å². The lowest BCUT2D eigenvalue weighted by atomic mass is 9.79. The highest BCUT2D eigenvalue weighted by molar-refractivity contribution is 9.10. The number of aromatic nitrogens is 11. The van der Waals surface area contributed by atoms with Crippen LogP contribution in [0.3, 0.4) is 0 Å². The number of carbonyl (C=O) groups is 1. The number of nitrogens with two attached hydrogens (primary N) is 1. The summed E-state index contributed by atoms with van der Waals surface area (Å²) in [4.78, 5) is 85.1. The van der Waals surface area contributed by atoms with Crippen LogP contribution in [0.1, 0.15) is 66.7 Å². The second-order valence-corrected chi connectivity index (χ2v) is 36.9. The number of thiazole rings is 5. The van der Waals surface area contributed by atoms with Gasteiger partial charge in [0.2, 0.25) is 0 Å². The number of pyridine rings is 6. The van der Waals surface area contributed by atoms with Crippen molar-refractivity contribution in [3.8, 4) is 28.7 Å². The number of hydrogen-bond acceptors (Lipinski definition) is 34. The number of ether oxygens (including phenoxy) is 4. The molecule has 5 aromatic carbocycles. The Labute approximate surface area is 834 Å². The zero-order valence-corrected chi connectivity index (χ0v) is 83.2. The molecule has 0 aliphatic rings. The number of allylic oxidation sites excluding steroid dienone is 9. The average molecular weight is 2050 g/mol. The minimum atomic E-state index is -3.10. The number of aromatic hydroxyl groups is 1. The molecule has 16 rings (SSSR count). The lowest BCUT2D eigenvalue weighted by Crippen LogP contribution is -1.98. The molecular formula is C95H87B4BrN17O15P2S5. The quantitative estimate of drug-likeness (QED) is 0.00618. The standard InChI is InChI=1S/C18H17N3OS.C17H13N3O3S.2C17H15N3OS.C13H18NO4PS.C8H6N2O3.C5H3BrN2O2.B4P/c1-19-17-10-7-13(12-20-17)5-3-4-6-18-21-15-9-8-14(22-2)11-16(15)23-18;1-23-13-7-8-14-15(10-13)24-17(19-14)5-3-2-4-12-6-9-16(18-11-12)20(21)22;1-21-13-7-8-14-15(10-13)22-17(20-14)5-3-2-4-12-6-9-16(18)19-11-12;1-18-16-9-6-12(11-19-16)4-2-3-5-17-20-14-8-7-13(21)10-15(14)22-17;1-4-17-19(15,18-5-2)9-13-14-11-7-6-10(16-3)8-12(11)20-13;11-5-1-2-7-3-4-8(9-6-7)10(12)13;6-4-1-2-5(7-3-4)8(9)10;1-4-5(2)3/h3-12H,1-2H3,(H,19,20);2-11H,1H3;2-11H,1H3,(H2,18,19);2-11,21H,1H3,(H,18,19);6-8H,4-5,9H2,1-3H3;1-6H;1-3H;/b5-3+,6-4+;3*4-2+,5-3+;;2-1+;;. The number of nitrogens with one attached hydrogen (secondary N) is 2. The topological polar surface area (TPSA) is 431 Å². The van der Waals surface area contributed by atoms with Crippen LogP contribution >= 0.6 is 87.8 Å². The number of anilines is 3. The maximum atomic E-state index is 12.5. The third-order valence-corrected chi connectivity index (χ3v) is 25.6. The maximum Gasteiger partial charge on any atom is 0.363 e. The van der Waals surface area contributed by atoms with E-state index in [-0.39, 0.29) is 29.4 Å². The molecule has 16 aromatic rings. The first kappa shape index (κ1) is 108. The van der Waals surface area contributed by atoms with Gasteiger partial charge in [-0.25, -0.2) is 47.4 Å². The Morgan fingerprint density at radius 2 is 0.741 bits per heavy atom. The van der Waals surface area contributed by atoms with Gasteiger partial charge >= 0.3 is 25.0 Å². The van der Waals surface area contributed by atoms with Crippen molar-refractivity contribution >= 4 is 264 Å². The molecule has 0 fully saturated rings. The molecule has 44 heteroatoms. The molecule has 701 valence electrons. The third kappa shape index (κ3) is 37.3. The number of phenolic OH excluding ortho intramolecular Hbond substituents is 1. The fourth-order valence-electron chi connectivity index (χ4n) is 11.1. The van der Waals surface area contributed by atoms with Gasteiger partial charge in [0.15, 0.2) is 6.20 Å². The summed E-state index contributed by atoms with van der Waals surface area (Å²) in [7, 11) is 21.0. The Hall–Kier alpha value is -14.3. The van der Waals surface area contributed by atoms with E-state index in [1.807, 2.05) is 233 Å². The van der Waals surface area contributed by atoms with Crippen molar-refractivity contribution in [2.24, 2.45) is 0 Å². The van der Waals surface area contributed by atoms with Gasteiger partial charge in [-0.2, -0.15) is 0 Å². The van der Waals surface area contributed by atoms with Gasteiger partial charge in [0.1, 0.15) is 96.1 Å². The van der Waals surface area contributed by atoms with Gasteiger partial charge in [0.25, 0.3) is 0 Å². The molecule has 0 aliphatic heterocycles. The number of halogens is 1. The lowest BCUT2D eigenvalue weighted by molar-refractivity contribution is -0.389. The van der Waals surface area contributed by atoms with E-state index in [1.54, 1.807) is 124 Å². The fraction of sp³-hybridized carbons (Fsp3) is 0.116. The SMILES string of the molecule is CCOP(=O)(Cc1nc2ccc(OC)cc2s1)OCC.CNc1ccc(/C=C/C=C/c2nc3ccc(O)cc3s2)cn1.CNc1ccc(/C=C/C=C/c2nc3ccc(OC)cc3s2)cn1.COc1ccc2nc(/C=C/C=C/c3ccc(N)nc3)sc2c1.COc1ccc2nc(/C=C/C=C/c3ccc([N+](=O)[O-])nc3)sc2c1.O=C/C=C/c1ccc([N+](=O)[O-])nc1.O=[N+]([O-])c1ccc(Br)cn1.[B][B]P([B])[B]. The van der Waals surface area contributed by atoms with Crippen LogP contribution in [0.15, 0.2) is 260 Å². The first-order valence-electron chi connectivity index (χ1n) is 41.3. The molecule has 0 aliphatic carbocycles. The van der Waals surface area contributed by atoms with Crippen molar-refractivity contribution in [3.63, 3.8) is 0 Å². The van der Waals surface area contributed by atoms with Crippen LogP contribution < -0.4 is 35.3 Å². The van der Waals surface area contributed by atoms with Crippen LogP contribution in [-0.4, -0.2) is 166 Å². The van der Waals surface area contributed by atoms with Gasteiger partial charge in [-0.1, -0.05) is 72.9 Å². The number of nitro groups is 3. The Kier molecular flexibility index (Phi) is 45.0. The highest BCUT2D eigenvalue weighted by atomic mass is 79.9. The van der Waals surface area contributed by atoms with Crippen LogP contribution in [0.5, 0.6) is 28.7 Å². The van der Waals surface area contributed by atoms with Gasteiger partial charge in [-0.3, -0.25) is 9.36 Å². The molecule has 0 amide bonds. The highest BCUT2D eigenvalue weighted by Crippen LogP contribution is 2.52. The van der Waals surface area contributed by atoms with Crippen LogP contribution in [-0.2, 0) is 24.6 Å². The van der Waals surface area contributed by atoms with Crippen molar-refractivity contribution in [2.45, 2.75) is 20.0 Å². The van der Waals surface area contributed by atoms with Crippen LogP contribution in [0, 0.1) is 30.3 Å². The average Bonchev–Trinajstić information content (AvgIpc) is 1.63. The van der Waals surface area contributed by atoms with Crippen molar-refractivity contribution < 1.29 is 57.2 Å². The predicted octanol–water partition coefficient (Wildman–Crippen LogP) is 23.3. The number of fused-ring (bicyclic) bond motifs is 5. The van der Waals surface area contributed by atoms with Crippen LogP contribution in [0.2, 0.25) is 0 Å². The number of hydrogen-bond donors (Lipinski definition) is 4. The third-order valence-electron chi connectivity index (χ3n) is 17.6. The van der Waals surface area contributed by atoms with Crippen LogP contribution in [0.4, 0.5) is 34.9 Å². The summed E-state index contributed by atoms with van der Waals surface area (Å²) in [5.41, 5.74) is 14.8. The zero-order chi connectivity index (χ0) is 99.9. The van der Waals surface area contributed by atoms with Crippen molar-refractivity contribution in [3.05, 3.63) is 343 Å². The Bertz CT molecular complexity index is 7030. The molecule has 5 N–H and O–H groups in total. The first-order valence-corrected chi connectivity index (χ1v) is 49.4. The number of rotatable bonds is 30. The maximum absolute atomic E-state index is 12.5. The molecule has 11 aromatic heterocycles. The summed E-state index contributed by atoms with van der Waals surface area (Å²) in [6.07, 6.45) is 44.4. The molecule has 0 saturated carbocycles. The van der Waals surface area contributed by atoms with Gasteiger partial charge < -0.3 is 79.8 Å². The van der Waals surface area contributed by atoms with Gasteiger partial charge in [-0.15, -0.1) is 56.7 Å². The number of nitrogen functional groups attached to an aromatic ring is 1. The van der Waals surface area contributed by atoms with E-state index in [9.17, 15) is 44.8 Å². The van der Waals surface area contributed by atoms with Gasteiger partial charge in [0.05, 0.1) is 119 Å². The predicted molar refractivity (Wildman–Crippen MR) is 574 cm³/mol. The molecular weight excluding hydrogens is 1960 g/mol. The molecule has 0 atom stereocenters. The first-order chi connectivity index (χ1) is 67.2. The molecule has 139 heavy (non-hydrogen) atoms. The van der Waals surface area contributed by atoms with Crippen molar-refractivity contribution in [1.82, 2.24) is 54.8 Å². The number of methoxy groups -OCH3 is 4. The monoisotopic (exact) mass is 2050 g/mol. The van der Waals surface area contributed by atoms with E-state index in [4.69, 9.17) is 56.6 Å². The molecule has 11 heterocycles. The van der Waals surface area contributed by atoms with Crippen LogP contribution in [0.25, 0.3) is 106 Å². The zero-order valence-electron chi connectivity index (χ0n) is 75.8. The van der Waals surface area contributed by atoms with E-state index in [2.05, 4.69) is 81.4 Å². The number of phenols is 1. The summed E-state index contributed by atoms with van der Waals surface area (Å²) in [6, 6.07) is 48.8. The lowest BCUT2D eigenvalue weighted by Gasteiger charge is -2.15. The van der Waals surface area contributed by atoms with Gasteiger partial charge in [-0.05, 0) is 258 Å². The molecule has 0 saturated heterocycles. The van der Waals surface area contributed by atoms with E-state index < -0.39 is 29.9 Å². The smallest absolute Gasteiger partial charge is 0.363 e. The second-order valence-electron chi connectivity index (χ2n) is 27.3. The number of nitrogens with zero attached hydrogens (tertiary/aromatic N) is 14. The summed E-state index contributed by atoms with van der Waals surface area (Å²) in [5.74, 6) is 5.31. The largest absolute Gasteiger partial charge is 0.508 e. The summed E-state index contributed by atoms with van der Waals surface area (Å²) < 4.78 is 49.9. The molecule has 32 nitrogen and oxygen atoms in total. The minimum Gasteiger partial charge on any atom is -0.508 e. The minimum absolute atomic E-state index is 0.136. The van der Waals surface area contributed by atoms with E-state index >= 15 is 0 Å². The summed E-state index contributed by atoms with van der Waals surface area (Å²) in [5, 5.41) is 50.7. The van der Waals surface area contributed by atoms with E-state index in [0.717, 1.165) is 137 Å². The molecule has 7 radical (unpaired) electrons. The summed E-state index contributed by atoms with van der Waals surface area (Å²) in [6.45, 7) is 5.60. The summed E-state index contributed by atoms with van der Waals surface area (Å²) >= 11 is 11.0. The number of carbonyl (C=O) groups excluding carboxylic acids is 1.